The van der Waals surface area contributed by atoms with Crippen LogP contribution in [0.2, 0.25) is 0 Å². The molecule has 0 aromatic heterocycles. The van der Waals surface area contributed by atoms with Crippen molar-refractivity contribution in [2.24, 2.45) is 0 Å². The number of carbonyl (C=O) groups excluding carboxylic acids is 2. The van der Waals surface area contributed by atoms with Gasteiger partial charge < -0.3 is 56.8 Å². The highest BCUT2D eigenvalue weighted by molar-refractivity contribution is 5.99. The average molecular weight is 701 g/mol. The van der Waals surface area contributed by atoms with E-state index in [0.29, 0.717) is 11.1 Å². The molecule has 0 N–H and O–H groups in total. The van der Waals surface area contributed by atoms with Gasteiger partial charge in [-0.1, -0.05) is 12.1 Å². The standard InChI is InChI=1S/C36H44O14/c1-33(2)39-15-21(45-33)23-25(27-31(43-23)49-35(5,6)47-27)41-29(37)19-11-9-18-14-20(12-10-17(18)13-19)30(38)42-26-24(22-16-40-34(3,4)46-22)44-32-28(26)48-36(7,8)50-32/h9-14,21-28,31-32H,15-16H2,1-8H3/t21-,22-,23-,24-,25+,26+,27-,28-,31-,32-/m1/s1. The molecule has 2 aromatic rings. The Morgan fingerprint density at radius 3 is 1.30 bits per heavy atom. The molecule has 0 aliphatic carbocycles. The fourth-order valence-corrected chi connectivity index (χ4v) is 7.51. The quantitative estimate of drug-likeness (QED) is 0.401. The third kappa shape index (κ3) is 6.44. The molecular weight excluding hydrogens is 656 g/mol. The number of esters is 2. The lowest BCUT2D eigenvalue weighted by atomic mass is 10.0. The molecule has 10 atom stereocenters. The van der Waals surface area contributed by atoms with E-state index in [1.54, 1.807) is 64.1 Å². The van der Waals surface area contributed by atoms with Gasteiger partial charge in [-0.15, -0.1) is 0 Å². The van der Waals surface area contributed by atoms with Crippen LogP contribution in [0.25, 0.3) is 10.8 Å². The second-order valence-electron chi connectivity index (χ2n) is 15.4. The molecule has 14 nitrogen and oxygen atoms in total. The number of benzene rings is 2. The molecule has 0 bridgehead atoms. The molecule has 0 radical (unpaired) electrons. The Morgan fingerprint density at radius 2 is 0.940 bits per heavy atom. The number of rotatable bonds is 6. The second-order valence-corrected chi connectivity index (χ2v) is 15.4. The van der Waals surface area contributed by atoms with Gasteiger partial charge >= 0.3 is 11.9 Å². The summed E-state index contributed by atoms with van der Waals surface area (Å²) in [6.45, 7) is 14.9. The first kappa shape index (κ1) is 34.3. The highest BCUT2D eigenvalue weighted by Crippen LogP contribution is 2.44. The highest BCUT2D eigenvalue weighted by Gasteiger charge is 2.61. The second kappa shape index (κ2) is 11.9. The summed E-state index contributed by atoms with van der Waals surface area (Å²) >= 11 is 0. The fourth-order valence-electron chi connectivity index (χ4n) is 7.51. The van der Waals surface area contributed by atoms with Gasteiger partial charge in [-0.25, -0.2) is 9.59 Å². The molecule has 6 aliphatic rings. The van der Waals surface area contributed by atoms with Crippen LogP contribution in [0.4, 0.5) is 0 Å². The summed E-state index contributed by atoms with van der Waals surface area (Å²) in [4.78, 5) is 27.2. The Hall–Kier alpha value is -2.76. The van der Waals surface area contributed by atoms with Gasteiger partial charge in [0.05, 0.1) is 24.3 Å². The van der Waals surface area contributed by atoms with Crippen LogP contribution >= 0.6 is 0 Å². The van der Waals surface area contributed by atoms with Gasteiger partial charge in [-0.05, 0) is 90.4 Å². The minimum Gasteiger partial charge on any atom is -0.453 e. The van der Waals surface area contributed by atoms with E-state index >= 15 is 0 Å². The van der Waals surface area contributed by atoms with Crippen LogP contribution in [0.3, 0.4) is 0 Å². The van der Waals surface area contributed by atoms with E-state index in [9.17, 15) is 9.59 Å². The van der Waals surface area contributed by atoms with Crippen LogP contribution in [0.15, 0.2) is 36.4 Å². The summed E-state index contributed by atoms with van der Waals surface area (Å²) in [5.74, 6) is -4.54. The van der Waals surface area contributed by atoms with E-state index in [4.69, 9.17) is 56.8 Å². The van der Waals surface area contributed by atoms with Crippen molar-refractivity contribution in [3.8, 4) is 0 Å². The van der Waals surface area contributed by atoms with Gasteiger partial charge in [0, 0.05) is 0 Å². The topological polar surface area (TPSA) is 145 Å². The summed E-state index contributed by atoms with van der Waals surface area (Å²) in [6.07, 6.45) is -6.65. The molecule has 14 heteroatoms. The summed E-state index contributed by atoms with van der Waals surface area (Å²) in [5.41, 5.74) is 0.633. The zero-order chi connectivity index (χ0) is 35.4. The van der Waals surface area contributed by atoms with Gasteiger partial charge in [0.25, 0.3) is 0 Å². The van der Waals surface area contributed by atoms with E-state index in [-0.39, 0.29) is 13.2 Å². The third-order valence-electron chi connectivity index (χ3n) is 9.65. The SMILES string of the molecule is CC1(C)O[C@H]2O[C@H]([C@H]3COC(C)(C)O3)[C@H](OC(=O)c3ccc4cc(C(=O)O[C@@H]5[C@H]6OC(C)(C)O[C@H]6O[C@@H]5[C@H]5COC(C)(C)O5)ccc4c3)[C@H]2O1. The predicted octanol–water partition coefficient (Wildman–Crippen LogP) is 3.95. The number of hydrogen-bond donors (Lipinski definition) is 0. The summed E-state index contributed by atoms with van der Waals surface area (Å²) in [7, 11) is 0. The van der Waals surface area contributed by atoms with Crippen molar-refractivity contribution in [1.82, 2.24) is 0 Å². The molecular formula is C36H44O14. The number of ether oxygens (including phenoxy) is 12. The molecule has 272 valence electrons. The monoisotopic (exact) mass is 700 g/mol. The lowest BCUT2D eigenvalue weighted by molar-refractivity contribution is -0.232. The van der Waals surface area contributed by atoms with Gasteiger partial charge in [-0.2, -0.15) is 0 Å². The maximum atomic E-state index is 13.6. The van der Waals surface area contributed by atoms with Crippen molar-refractivity contribution < 1.29 is 66.4 Å². The molecule has 6 heterocycles. The Kier molecular flexibility index (Phi) is 8.16. The molecule has 0 spiro atoms. The highest BCUT2D eigenvalue weighted by atomic mass is 16.9. The molecule has 2 aromatic carbocycles. The first-order chi connectivity index (χ1) is 23.4. The smallest absolute Gasteiger partial charge is 0.338 e. The van der Waals surface area contributed by atoms with Gasteiger partial charge in [-0.3, -0.25) is 0 Å². The molecule has 0 saturated carbocycles. The van der Waals surface area contributed by atoms with E-state index < -0.39 is 96.5 Å². The van der Waals surface area contributed by atoms with E-state index in [1.807, 2.05) is 27.7 Å². The average Bonchev–Trinajstić information content (AvgIpc) is 3.85. The van der Waals surface area contributed by atoms with E-state index in [2.05, 4.69) is 0 Å². The minimum atomic E-state index is -0.906. The van der Waals surface area contributed by atoms with Crippen LogP contribution in [-0.4, -0.2) is 110 Å². The fraction of sp³-hybridized carbons (Fsp3) is 0.667. The van der Waals surface area contributed by atoms with Crippen LogP contribution in [0, 0.1) is 0 Å². The predicted molar refractivity (Wildman–Crippen MR) is 170 cm³/mol. The number of fused-ring (bicyclic) bond motifs is 3. The summed E-state index contributed by atoms with van der Waals surface area (Å²) in [5, 5.41) is 1.44. The van der Waals surface area contributed by atoms with Gasteiger partial charge in [0.15, 0.2) is 60.1 Å². The maximum Gasteiger partial charge on any atom is 0.338 e. The molecule has 0 amide bonds. The largest absolute Gasteiger partial charge is 0.453 e. The van der Waals surface area contributed by atoms with Crippen molar-refractivity contribution >= 4 is 22.7 Å². The van der Waals surface area contributed by atoms with Crippen molar-refractivity contribution in [1.29, 1.82) is 0 Å². The minimum absolute atomic E-state index is 0.269. The van der Waals surface area contributed by atoms with Crippen LogP contribution < -0.4 is 0 Å². The first-order valence-corrected chi connectivity index (χ1v) is 17.1. The summed E-state index contributed by atoms with van der Waals surface area (Å²) < 4.78 is 72.1. The van der Waals surface area contributed by atoms with Crippen molar-refractivity contribution in [2.45, 2.75) is 140 Å². The molecule has 6 aliphatic heterocycles. The van der Waals surface area contributed by atoms with E-state index in [0.717, 1.165) is 10.8 Å². The van der Waals surface area contributed by atoms with Crippen LogP contribution in [-0.2, 0) is 56.8 Å². The van der Waals surface area contributed by atoms with Crippen LogP contribution in [0.1, 0.15) is 76.1 Å². The molecule has 8 rings (SSSR count). The molecule has 6 saturated heterocycles. The molecule has 6 fully saturated rings. The van der Waals surface area contributed by atoms with Crippen molar-refractivity contribution in [3.63, 3.8) is 0 Å². The zero-order valence-corrected chi connectivity index (χ0v) is 29.4. The Labute approximate surface area is 289 Å². The maximum absolute atomic E-state index is 13.6. The Bertz CT molecular complexity index is 1550. The first-order valence-electron chi connectivity index (χ1n) is 17.1. The third-order valence-corrected chi connectivity index (χ3v) is 9.65. The molecule has 50 heavy (non-hydrogen) atoms. The summed E-state index contributed by atoms with van der Waals surface area (Å²) in [6, 6.07) is 10.2. The lowest BCUT2D eigenvalue weighted by Gasteiger charge is -2.29. The Balaban J connectivity index is 0.980. The van der Waals surface area contributed by atoms with Crippen molar-refractivity contribution in [3.05, 3.63) is 47.5 Å². The van der Waals surface area contributed by atoms with Gasteiger partial charge in [0.2, 0.25) is 0 Å². The van der Waals surface area contributed by atoms with Crippen molar-refractivity contribution in [2.75, 3.05) is 13.2 Å². The van der Waals surface area contributed by atoms with Crippen LogP contribution in [0.5, 0.6) is 0 Å². The number of hydrogen-bond acceptors (Lipinski definition) is 14. The normalized spacial score (nSPS) is 39.0. The number of carbonyl (C=O) groups is 2. The lowest BCUT2D eigenvalue weighted by Crippen LogP contribution is -2.45. The molecule has 0 unspecified atom stereocenters. The van der Waals surface area contributed by atoms with Gasteiger partial charge in [0.1, 0.15) is 24.4 Å². The van der Waals surface area contributed by atoms with E-state index in [1.165, 1.54) is 0 Å². The zero-order valence-electron chi connectivity index (χ0n) is 29.4. The Morgan fingerprint density at radius 1 is 0.540 bits per heavy atom.